The lowest BCUT2D eigenvalue weighted by molar-refractivity contribution is 0.175. The third kappa shape index (κ3) is 3.65. The van der Waals surface area contributed by atoms with E-state index in [0.29, 0.717) is 12.3 Å². The number of likely N-dealkylation sites (N-methyl/N-ethyl adjacent to an activating group) is 1. The average molecular weight is 344 g/mol. The van der Waals surface area contributed by atoms with Crippen molar-refractivity contribution in [2.24, 2.45) is 0 Å². The van der Waals surface area contributed by atoms with Crippen molar-refractivity contribution in [1.29, 1.82) is 0 Å². The van der Waals surface area contributed by atoms with Gasteiger partial charge in [0.1, 0.15) is 0 Å². The topological polar surface area (TPSA) is 50.7 Å². The molecule has 1 atom stereocenters. The first-order valence-electron chi connectivity index (χ1n) is 7.02. The molecular formula is C15H22BrNO3. The van der Waals surface area contributed by atoms with E-state index in [-0.39, 0.29) is 6.10 Å². The van der Waals surface area contributed by atoms with Crippen LogP contribution < -0.4 is 14.8 Å². The smallest absolute Gasteiger partial charge is 0.175 e. The highest BCUT2D eigenvalue weighted by atomic mass is 79.9. The normalized spacial score (nSPS) is 17.2. The predicted molar refractivity (Wildman–Crippen MR) is 82.5 cm³/mol. The van der Waals surface area contributed by atoms with Crippen LogP contribution in [-0.2, 0) is 0 Å². The molecule has 1 aromatic carbocycles. The average Bonchev–Trinajstić information content (AvgIpc) is 2.94. The van der Waals surface area contributed by atoms with E-state index in [1.54, 1.807) is 7.11 Å². The second kappa shape index (κ2) is 7.29. The second-order valence-electron chi connectivity index (χ2n) is 5.13. The van der Waals surface area contributed by atoms with Gasteiger partial charge < -0.3 is 19.9 Å². The van der Waals surface area contributed by atoms with Crippen molar-refractivity contribution in [1.82, 2.24) is 5.32 Å². The third-order valence-corrected chi connectivity index (χ3v) is 4.21. The van der Waals surface area contributed by atoms with Gasteiger partial charge >= 0.3 is 0 Å². The number of hydrogen-bond acceptors (Lipinski definition) is 4. The summed E-state index contributed by atoms with van der Waals surface area (Å²) in [4.78, 5) is 0. The highest BCUT2D eigenvalue weighted by Gasteiger charge is 2.21. The van der Waals surface area contributed by atoms with E-state index < -0.39 is 6.10 Å². The zero-order valence-electron chi connectivity index (χ0n) is 12.0. The van der Waals surface area contributed by atoms with Crippen LogP contribution in [0, 0.1) is 0 Å². The minimum absolute atomic E-state index is 0.272. The Kier molecular flexibility index (Phi) is 5.69. The zero-order chi connectivity index (χ0) is 14.5. The van der Waals surface area contributed by atoms with Crippen molar-refractivity contribution in [3.05, 3.63) is 22.2 Å². The van der Waals surface area contributed by atoms with Gasteiger partial charge in [-0.25, -0.2) is 0 Å². The van der Waals surface area contributed by atoms with Crippen LogP contribution in [0.25, 0.3) is 0 Å². The van der Waals surface area contributed by atoms with E-state index in [4.69, 9.17) is 9.47 Å². The molecule has 1 saturated carbocycles. The van der Waals surface area contributed by atoms with Gasteiger partial charge in [0.25, 0.3) is 0 Å². The summed E-state index contributed by atoms with van der Waals surface area (Å²) in [6, 6.07) is 3.74. The number of hydrogen-bond donors (Lipinski definition) is 2. The second-order valence-corrected chi connectivity index (χ2v) is 5.99. The molecule has 4 nitrogen and oxygen atoms in total. The summed E-state index contributed by atoms with van der Waals surface area (Å²) in [7, 11) is 3.44. The molecule has 0 spiro atoms. The van der Waals surface area contributed by atoms with E-state index in [1.165, 1.54) is 12.8 Å². The summed E-state index contributed by atoms with van der Waals surface area (Å²) in [5.41, 5.74) is 0.807. The SMILES string of the molecule is CNCC(O)c1cc(Br)c(OC2CCCC2)c(OC)c1. The number of benzene rings is 1. The molecule has 1 aromatic rings. The van der Waals surface area contributed by atoms with Crippen molar-refractivity contribution in [3.8, 4) is 11.5 Å². The summed E-state index contributed by atoms with van der Waals surface area (Å²) < 4.78 is 12.3. The summed E-state index contributed by atoms with van der Waals surface area (Å²) >= 11 is 3.53. The van der Waals surface area contributed by atoms with E-state index in [0.717, 1.165) is 28.6 Å². The first kappa shape index (κ1) is 15.6. The minimum Gasteiger partial charge on any atom is -0.493 e. The van der Waals surface area contributed by atoms with Crippen LogP contribution >= 0.6 is 15.9 Å². The molecule has 1 aliphatic carbocycles. The lowest BCUT2D eigenvalue weighted by Crippen LogP contribution is -2.17. The molecule has 1 aliphatic rings. The molecule has 0 aromatic heterocycles. The Balaban J connectivity index is 2.22. The standard InChI is InChI=1S/C15H22BrNO3/c1-17-9-13(18)10-7-12(16)15(14(8-10)19-2)20-11-5-3-4-6-11/h7-8,11,13,17-18H,3-6,9H2,1-2H3. The Morgan fingerprint density at radius 3 is 2.70 bits per heavy atom. The number of methoxy groups -OCH3 is 1. The number of ether oxygens (including phenoxy) is 2. The van der Waals surface area contributed by atoms with Crippen molar-refractivity contribution in [3.63, 3.8) is 0 Å². The summed E-state index contributed by atoms with van der Waals surface area (Å²) in [5.74, 6) is 1.40. The van der Waals surface area contributed by atoms with Crippen LogP contribution in [0.5, 0.6) is 11.5 Å². The Bertz CT molecular complexity index is 447. The monoisotopic (exact) mass is 343 g/mol. The lowest BCUT2D eigenvalue weighted by atomic mass is 10.1. The molecule has 5 heteroatoms. The fourth-order valence-corrected chi connectivity index (χ4v) is 3.08. The molecule has 112 valence electrons. The van der Waals surface area contributed by atoms with Crippen molar-refractivity contribution in [2.45, 2.75) is 37.9 Å². The van der Waals surface area contributed by atoms with Gasteiger partial charge in [0, 0.05) is 6.54 Å². The largest absolute Gasteiger partial charge is 0.493 e. The van der Waals surface area contributed by atoms with Gasteiger partial charge in [-0.3, -0.25) is 0 Å². The molecule has 0 radical (unpaired) electrons. The van der Waals surface area contributed by atoms with Gasteiger partial charge in [-0.1, -0.05) is 0 Å². The lowest BCUT2D eigenvalue weighted by Gasteiger charge is -2.19. The van der Waals surface area contributed by atoms with Gasteiger partial charge in [-0.05, 0) is 66.4 Å². The fourth-order valence-electron chi connectivity index (χ4n) is 2.53. The quantitative estimate of drug-likeness (QED) is 0.833. The van der Waals surface area contributed by atoms with Crippen LogP contribution in [0.1, 0.15) is 37.4 Å². The van der Waals surface area contributed by atoms with Gasteiger partial charge in [0.2, 0.25) is 0 Å². The van der Waals surface area contributed by atoms with E-state index >= 15 is 0 Å². The van der Waals surface area contributed by atoms with E-state index in [9.17, 15) is 5.11 Å². The maximum absolute atomic E-state index is 10.1. The maximum atomic E-state index is 10.1. The Morgan fingerprint density at radius 2 is 2.10 bits per heavy atom. The van der Waals surface area contributed by atoms with Gasteiger partial charge in [0.15, 0.2) is 11.5 Å². The first-order valence-corrected chi connectivity index (χ1v) is 7.81. The summed E-state index contributed by atoms with van der Waals surface area (Å²) in [6.07, 6.45) is 4.35. The minimum atomic E-state index is -0.564. The Morgan fingerprint density at radius 1 is 1.40 bits per heavy atom. The van der Waals surface area contributed by atoms with Gasteiger partial charge in [-0.15, -0.1) is 0 Å². The number of nitrogens with one attached hydrogen (secondary N) is 1. The molecule has 2 N–H and O–H groups in total. The number of rotatable bonds is 6. The van der Waals surface area contributed by atoms with Crippen LogP contribution in [0.2, 0.25) is 0 Å². The third-order valence-electron chi connectivity index (χ3n) is 3.62. The summed E-state index contributed by atoms with van der Waals surface area (Å²) in [6.45, 7) is 0.498. The highest BCUT2D eigenvalue weighted by molar-refractivity contribution is 9.10. The molecule has 0 amide bonds. The molecule has 1 fully saturated rings. The number of aliphatic hydroxyl groups is 1. The zero-order valence-corrected chi connectivity index (χ0v) is 13.6. The first-order chi connectivity index (χ1) is 9.65. The van der Waals surface area contributed by atoms with Crippen LogP contribution in [-0.4, -0.2) is 31.9 Å². The molecule has 0 aliphatic heterocycles. The molecule has 20 heavy (non-hydrogen) atoms. The fraction of sp³-hybridized carbons (Fsp3) is 0.600. The van der Waals surface area contributed by atoms with Gasteiger partial charge in [-0.2, -0.15) is 0 Å². The Labute approximate surface area is 128 Å². The number of halogens is 1. The summed E-state index contributed by atoms with van der Waals surface area (Å²) in [5, 5.41) is 13.0. The Hall–Kier alpha value is -0.780. The molecular weight excluding hydrogens is 322 g/mol. The predicted octanol–water partition coefficient (Wildman–Crippen LogP) is 3.03. The molecule has 0 heterocycles. The molecule has 0 bridgehead atoms. The van der Waals surface area contributed by atoms with E-state index in [2.05, 4.69) is 21.2 Å². The van der Waals surface area contributed by atoms with Gasteiger partial charge in [0.05, 0.1) is 23.8 Å². The van der Waals surface area contributed by atoms with Crippen molar-refractivity contribution < 1.29 is 14.6 Å². The van der Waals surface area contributed by atoms with Crippen molar-refractivity contribution >= 4 is 15.9 Å². The highest BCUT2D eigenvalue weighted by Crippen LogP contribution is 2.40. The van der Waals surface area contributed by atoms with Crippen LogP contribution in [0.3, 0.4) is 0 Å². The molecule has 1 unspecified atom stereocenters. The van der Waals surface area contributed by atoms with Crippen LogP contribution in [0.4, 0.5) is 0 Å². The molecule has 2 rings (SSSR count). The maximum Gasteiger partial charge on any atom is 0.175 e. The van der Waals surface area contributed by atoms with Crippen molar-refractivity contribution in [2.75, 3.05) is 20.7 Å². The van der Waals surface area contributed by atoms with Crippen LogP contribution in [0.15, 0.2) is 16.6 Å². The van der Waals surface area contributed by atoms with E-state index in [1.807, 2.05) is 19.2 Å². The molecule has 0 saturated heterocycles. The number of aliphatic hydroxyl groups excluding tert-OH is 1.